The van der Waals surface area contributed by atoms with Gasteiger partial charge in [-0.05, 0) is 25.7 Å². The third-order valence-electron chi connectivity index (χ3n) is 3.65. The van der Waals surface area contributed by atoms with E-state index in [1.165, 1.54) is 19.3 Å². The van der Waals surface area contributed by atoms with Gasteiger partial charge in [0.05, 0.1) is 6.54 Å². The van der Waals surface area contributed by atoms with Gasteiger partial charge in [-0.3, -0.25) is 9.69 Å². The maximum absolute atomic E-state index is 11.9. The smallest absolute Gasteiger partial charge is 0.236 e. The number of carbonyl (C=O) groups excluding carboxylic acids is 1. The fourth-order valence-electron chi connectivity index (χ4n) is 2.51. The van der Waals surface area contributed by atoms with Crippen LogP contribution < -0.4 is 0 Å². The Kier molecular flexibility index (Phi) is 3.62. The van der Waals surface area contributed by atoms with Gasteiger partial charge in [-0.25, -0.2) is 0 Å². The largest absolute Gasteiger partial charge is 0.342 e. The Morgan fingerprint density at radius 3 is 2.67 bits per heavy atom. The molecule has 2 fully saturated rings. The predicted octanol–water partition coefficient (Wildman–Crippen LogP) is 1.48. The Hall–Kier alpha value is -0.570. The molecule has 1 saturated carbocycles. The number of hydrogen-bond donors (Lipinski definition) is 0. The zero-order valence-electron chi connectivity index (χ0n) is 9.74. The lowest BCUT2D eigenvalue weighted by Crippen LogP contribution is -2.44. The number of carbonyl (C=O) groups is 1. The van der Waals surface area contributed by atoms with Crippen molar-refractivity contribution in [3.8, 4) is 0 Å². The van der Waals surface area contributed by atoms with Crippen molar-refractivity contribution >= 4 is 5.91 Å². The average Bonchev–Trinajstić information content (AvgIpc) is 2.28. The van der Waals surface area contributed by atoms with Crippen LogP contribution in [0.15, 0.2) is 0 Å². The molecule has 0 N–H and O–H groups in total. The molecule has 86 valence electrons. The molecule has 0 unspecified atom stereocenters. The van der Waals surface area contributed by atoms with Crippen LogP contribution in [0.5, 0.6) is 0 Å². The number of hydrogen-bond acceptors (Lipinski definition) is 2. The summed E-state index contributed by atoms with van der Waals surface area (Å²) in [6, 6.07) is 0.718. The summed E-state index contributed by atoms with van der Waals surface area (Å²) in [6.07, 6.45) is 6.20. The Labute approximate surface area is 92.4 Å². The topological polar surface area (TPSA) is 23.6 Å². The molecule has 1 heterocycles. The van der Waals surface area contributed by atoms with Gasteiger partial charge in [0.25, 0.3) is 0 Å². The second-order valence-corrected chi connectivity index (χ2v) is 4.79. The van der Waals surface area contributed by atoms with Gasteiger partial charge in [-0.1, -0.05) is 13.3 Å². The van der Waals surface area contributed by atoms with E-state index in [-0.39, 0.29) is 0 Å². The van der Waals surface area contributed by atoms with Gasteiger partial charge in [0.15, 0.2) is 0 Å². The predicted molar refractivity (Wildman–Crippen MR) is 60.7 cm³/mol. The zero-order chi connectivity index (χ0) is 10.7. The molecule has 0 aromatic rings. The van der Waals surface area contributed by atoms with Gasteiger partial charge < -0.3 is 4.90 Å². The molecule has 1 aliphatic heterocycles. The summed E-state index contributed by atoms with van der Waals surface area (Å²) >= 11 is 0. The van der Waals surface area contributed by atoms with Gasteiger partial charge in [0, 0.05) is 25.7 Å². The summed E-state index contributed by atoms with van der Waals surface area (Å²) in [4.78, 5) is 16.4. The molecule has 2 aliphatic rings. The molecule has 0 radical (unpaired) electrons. The Morgan fingerprint density at radius 1 is 1.27 bits per heavy atom. The van der Waals surface area contributed by atoms with E-state index in [1.807, 2.05) is 4.90 Å². The first kappa shape index (κ1) is 10.9. The highest BCUT2D eigenvalue weighted by molar-refractivity contribution is 5.78. The molecule has 0 bridgehead atoms. The van der Waals surface area contributed by atoms with Crippen molar-refractivity contribution in [1.82, 2.24) is 9.80 Å². The summed E-state index contributed by atoms with van der Waals surface area (Å²) in [5.41, 5.74) is 0. The van der Waals surface area contributed by atoms with Crippen LogP contribution in [-0.4, -0.2) is 47.9 Å². The van der Waals surface area contributed by atoms with Crippen molar-refractivity contribution in [3.63, 3.8) is 0 Å². The highest BCUT2D eigenvalue weighted by atomic mass is 16.2. The molecule has 2 rings (SSSR count). The highest BCUT2D eigenvalue weighted by Gasteiger charge is 2.29. The van der Waals surface area contributed by atoms with Crippen LogP contribution in [0.4, 0.5) is 0 Å². The van der Waals surface area contributed by atoms with Crippen LogP contribution in [0.1, 0.15) is 39.0 Å². The first-order valence-corrected chi connectivity index (χ1v) is 6.33. The van der Waals surface area contributed by atoms with Crippen LogP contribution in [0.2, 0.25) is 0 Å². The number of rotatable bonds is 3. The van der Waals surface area contributed by atoms with Crippen LogP contribution in [0.3, 0.4) is 0 Å². The lowest BCUT2D eigenvalue weighted by atomic mass is 9.91. The standard InChI is InChI=1S/C12H22N2O/c1-2-7-13-8-4-9-14(10-12(13)15)11-5-3-6-11/h11H,2-10H2,1H3. The zero-order valence-corrected chi connectivity index (χ0v) is 9.74. The van der Waals surface area contributed by atoms with Crippen molar-refractivity contribution < 1.29 is 4.79 Å². The molecular formula is C12H22N2O. The fourth-order valence-corrected chi connectivity index (χ4v) is 2.51. The first-order chi connectivity index (χ1) is 7.31. The molecule has 3 heteroatoms. The maximum atomic E-state index is 11.9. The summed E-state index contributed by atoms with van der Waals surface area (Å²) in [5, 5.41) is 0. The highest BCUT2D eigenvalue weighted by Crippen LogP contribution is 2.25. The fraction of sp³-hybridized carbons (Fsp3) is 0.917. The summed E-state index contributed by atoms with van der Waals surface area (Å²) in [7, 11) is 0. The molecule has 1 saturated heterocycles. The van der Waals surface area contributed by atoms with Gasteiger partial charge in [0.1, 0.15) is 0 Å². The second-order valence-electron chi connectivity index (χ2n) is 4.79. The average molecular weight is 210 g/mol. The SMILES string of the molecule is CCCN1CCCN(C2CCC2)CC1=O. The minimum atomic E-state index is 0.348. The molecule has 0 aromatic heterocycles. The van der Waals surface area contributed by atoms with Crippen molar-refractivity contribution in [2.75, 3.05) is 26.2 Å². The monoisotopic (exact) mass is 210 g/mol. The van der Waals surface area contributed by atoms with E-state index in [2.05, 4.69) is 11.8 Å². The van der Waals surface area contributed by atoms with Gasteiger partial charge in [-0.15, -0.1) is 0 Å². The molecule has 1 aliphatic carbocycles. The Balaban J connectivity index is 1.89. The minimum absolute atomic E-state index is 0.348. The normalized spacial score (nSPS) is 25.1. The minimum Gasteiger partial charge on any atom is -0.342 e. The first-order valence-electron chi connectivity index (χ1n) is 6.33. The van der Waals surface area contributed by atoms with Gasteiger partial charge in [0.2, 0.25) is 5.91 Å². The van der Waals surface area contributed by atoms with E-state index in [4.69, 9.17) is 0 Å². The maximum Gasteiger partial charge on any atom is 0.236 e. The second kappa shape index (κ2) is 4.97. The molecule has 15 heavy (non-hydrogen) atoms. The summed E-state index contributed by atoms with van der Waals surface area (Å²) < 4.78 is 0. The third-order valence-corrected chi connectivity index (χ3v) is 3.65. The number of nitrogens with zero attached hydrogens (tertiary/aromatic N) is 2. The molecule has 0 aromatic carbocycles. The van der Waals surface area contributed by atoms with E-state index < -0.39 is 0 Å². The molecule has 3 nitrogen and oxygen atoms in total. The van der Waals surface area contributed by atoms with Crippen LogP contribution in [0.25, 0.3) is 0 Å². The van der Waals surface area contributed by atoms with E-state index in [0.717, 1.165) is 38.5 Å². The van der Waals surface area contributed by atoms with Gasteiger partial charge in [-0.2, -0.15) is 0 Å². The Bertz CT molecular complexity index is 226. The van der Waals surface area contributed by atoms with E-state index in [1.54, 1.807) is 0 Å². The lowest BCUT2D eigenvalue weighted by Gasteiger charge is -2.36. The molecule has 0 atom stereocenters. The lowest BCUT2D eigenvalue weighted by molar-refractivity contribution is -0.132. The van der Waals surface area contributed by atoms with Crippen molar-refractivity contribution in [2.24, 2.45) is 0 Å². The quantitative estimate of drug-likeness (QED) is 0.704. The molecule has 1 amide bonds. The number of amides is 1. The molecule has 0 spiro atoms. The Morgan fingerprint density at radius 2 is 2.07 bits per heavy atom. The van der Waals surface area contributed by atoms with Gasteiger partial charge >= 0.3 is 0 Å². The van der Waals surface area contributed by atoms with Crippen molar-refractivity contribution in [1.29, 1.82) is 0 Å². The summed E-state index contributed by atoms with van der Waals surface area (Å²) in [6.45, 7) is 5.84. The van der Waals surface area contributed by atoms with Crippen LogP contribution >= 0.6 is 0 Å². The van der Waals surface area contributed by atoms with Crippen LogP contribution in [-0.2, 0) is 4.79 Å². The van der Waals surface area contributed by atoms with E-state index in [0.29, 0.717) is 12.5 Å². The van der Waals surface area contributed by atoms with Crippen molar-refractivity contribution in [2.45, 2.75) is 45.1 Å². The van der Waals surface area contributed by atoms with Crippen molar-refractivity contribution in [3.05, 3.63) is 0 Å². The van der Waals surface area contributed by atoms with E-state index >= 15 is 0 Å². The van der Waals surface area contributed by atoms with Crippen LogP contribution in [0, 0.1) is 0 Å². The van der Waals surface area contributed by atoms with E-state index in [9.17, 15) is 4.79 Å². The third kappa shape index (κ3) is 2.51. The molecular weight excluding hydrogens is 188 g/mol. The summed E-state index contributed by atoms with van der Waals surface area (Å²) in [5.74, 6) is 0.348.